The van der Waals surface area contributed by atoms with Gasteiger partial charge < -0.3 is 9.72 Å². The molecule has 0 radical (unpaired) electrons. The Morgan fingerprint density at radius 2 is 0.822 bits per heavy atom. The van der Waals surface area contributed by atoms with Crippen molar-refractivity contribution in [3.05, 3.63) is 309 Å². The number of hydrogen-bond donors (Lipinski definition) is 1. The molecule has 0 amide bonds. The summed E-state index contributed by atoms with van der Waals surface area (Å²) in [5, 5.41) is 27.5. The number of aromatic nitrogens is 25. The molecule has 0 fully saturated rings. The number of pyridine rings is 1. The Labute approximate surface area is 622 Å². The fourth-order valence-electron chi connectivity index (χ4n) is 11.1. The number of rotatable bonds is 0. The molecule has 0 atom stereocenters. The average molecular weight is 1440 g/mol. The number of aryl methyl sites for hydroxylation is 7. The lowest BCUT2D eigenvalue weighted by Crippen LogP contribution is -2.09. The molecule has 0 spiro atoms. The molecule has 1 N–H and O–H groups in total. The third kappa shape index (κ3) is 23.4. The van der Waals surface area contributed by atoms with Gasteiger partial charge in [-0.2, -0.15) is 30.6 Å². The lowest BCUT2D eigenvalue weighted by Gasteiger charge is -2.13. The SMILES string of the molecule is C.c1cc2c(nn1)CCC2.c1ccc2cnncc2c1.c1ccc2nccnc2c1.c1ccc2ncncc2c1.c1ccc2nnccc2c1.c1cnc2c(n1)CSC2.c1cnc2nc[nH]c2c1.c1cnc2ncncc2n1.c1ncc2c(n1)CCC2.c1ncc2c(n1)CCCC2.c1ncc2c(n1)CCCO2. The van der Waals surface area contributed by atoms with E-state index in [2.05, 4.69) is 131 Å². The van der Waals surface area contributed by atoms with Crippen LogP contribution in [0.15, 0.2) is 258 Å². The van der Waals surface area contributed by atoms with Crippen LogP contribution in [-0.2, 0) is 56.5 Å². The van der Waals surface area contributed by atoms with Gasteiger partial charge in [0.05, 0.1) is 94.3 Å². The Kier molecular flexibility index (Phi) is 29.3. The summed E-state index contributed by atoms with van der Waals surface area (Å²) in [6, 6.07) is 39.5. The highest BCUT2D eigenvalue weighted by atomic mass is 32.2. The lowest BCUT2D eigenvalue weighted by atomic mass is 9.98. The molecule has 22 rings (SSSR count). The number of hydrogen-bond acceptors (Lipinski definition) is 26. The Bertz CT molecular complexity index is 4430. The molecular formula is C80H77N25OS. The van der Waals surface area contributed by atoms with E-state index in [0.29, 0.717) is 5.65 Å². The van der Waals surface area contributed by atoms with E-state index >= 15 is 0 Å². The van der Waals surface area contributed by atoms with Crippen LogP contribution in [0.25, 0.3) is 65.9 Å². The van der Waals surface area contributed by atoms with Crippen LogP contribution >= 0.6 is 11.8 Å². The van der Waals surface area contributed by atoms with Gasteiger partial charge in [0.1, 0.15) is 37.2 Å². The number of fused-ring (bicyclic) bond motifs is 11. The first-order chi connectivity index (χ1) is 52.6. The van der Waals surface area contributed by atoms with Crippen LogP contribution in [-0.4, -0.2) is 132 Å². The zero-order chi connectivity index (χ0) is 72.1. The Balaban J connectivity index is 0.000000117. The summed E-state index contributed by atoms with van der Waals surface area (Å²) in [6.45, 7) is 0.806. The van der Waals surface area contributed by atoms with Crippen molar-refractivity contribution >= 4 is 77.7 Å². The fourth-order valence-corrected chi connectivity index (χ4v) is 12.1. The van der Waals surface area contributed by atoms with Gasteiger partial charge in [0, 0.05) is 113 Å². The summed E-state index contributed by atoms with van der Waals surface area (Å²) >= 11 is 1.88. The van der Waals surface area contributed by atoms with Crippen molar-refractivity contribution in [2.75, 3.05) is 6.61 Å². The normalized spacial score (nSPS) is 12.4. The fraction of sp³-hybridized carbons (Fsp3) is 0.200. The van der Waals surface area contributed by atoms with Crippen LogP contribution < -0.4 is 4.74 Å². The monoisotopic (exact) mass is 1440 g/mol. The van der Waals surface area contributed by atoms with E-state index in [-0.39, 0.29) is 7.43 Å². The van der Waals surface area contributed by atoms with E-state index in [1.54, 1.807) is 112 Å². The van der Waals surface area contributed by atoms with Gasteiger partial charge in [-0.25, -0.2) is 69.8 Å². The van der Waals surface area contributed by atoms with E-state index in [1.165, 1.54) is 96.4 Å². The Morgan fingerprint density at radius 3 is 1.50 bits per heavy atom. The van der Waals surface area contributed by atoms with Crippen molar-refractivity contribution in [1.82, 2.24) is 125 Å². The minimum absolute atomic E-state index is 0. The quantitative estimate of drug-likeness (QED) is 0.147. The smallest absolute Gasteiger partial charge is 0.181 e. The second-order valence-corrected chi connectivity index (χ2v) is 24.5. The van der Waals surface area contributed by atoms with E-state index in [4.69, 9.17) is 4.74 Å². The second kappa shape index (κ2) is 41.8. The van der Waals surface area contributed by atoms with Crippen molar-refractivity contribution in [2.24, 2.45) is 0 Å². The minimum atomic E-state index is 0. The lowest BCUT2D eigenvalue weighted by molar-refractivity contribution is 0.283. The number of nitrogens with one attached hydrogen (secondary N) is 1. The van der Waals surface area contributed by atoms with Gasteiger partial charge in [0.2, 0.25) is 0 Å². The van der Waals surface area contributed by atoms with Crippen molar-refractivity contribution in [1.29, 1.82) is 0 Å². The summed E-state index contributed by atoms with van der Waals surface area (Å²) in [6.07, 6.45) is 51.6. The number of nitrogens with zero attached hydrogens (tertiary/aromatic N) is 24. The highest BCUT2D eigenvalue weighted by Gasteiger charge is 2.14. The van der Waals surface area contributed by atoms with E-state index in [0.717, 1.165) is 122 Å². The molecule has 27 heteroatoms. The molecule has 4 aromatic carbocycles. The summed E-state index contributed by atoms with van der Waals surface area (Å²) in [7, 11) is 0. The summed E-state index contributed by atoms with van der Waals surface area (Å²) < 4.78 is 5.30. The molecule has 107 heavy (non-hydrogen) atoms. The van der Waals surface area contributed by atoms with Crippen LogP contribution in [0.1, 0.15) is 90.4 Å². The topological polar surface area (TPSA) is 334 Å². The van der Waals surface area contributed by atoms with Crippen LogP contribution in [0.4, 0.5) is 0 Å². The maximum atomic E-state index is 5.30. The number of H-pyrrole nitrogens is 1. The number of para-hydroxylation sites is 3. The van der Waals surface area contributed by atoms with Crippen LogP contribution in [0.5, 0.6) is 5.75 Å². The van der Waals surface area contributed by atoms with Crippen molar-refractivity contribution in [3.8, 4) is 5.75 Å². The number of thioether (sulfide) groups is 1. The zero-order valence-corrected chi connectivity index (χ0v) is 58.7. The molecule has 13 aromatic heterocycles. The van der Waals surface area contributed by atoms with Gasteiger partial charge in [0.25, 0.3) is 0 Å². The third-order valence-corrected chi connectivity index (χ3v) is 17.4. The van der Waals surface area contributed by atoms with Gasteiger partial charge in [0.15, 0.2) is 17.0 Å². The summed E-state index contributed by atoms with van der Waals surface area (Å²) in [4.78, 5) is 75.3. The maximum Gasteiger partial charge on any atom is 0.181 e. The molecule has 26 nitrogen and oxygen atoms in total. The molecule has 5 aliphatic rings. The molecule has 17 aromatic rings. The van der Waals surface area contributed by atoms with Gasteiger partial charge in [-0.3, -0.25) is 19.9 Å². The van der Waals surface area contributed by atoms with Crippen LogP contribution in [0, 0.1) is 0 Å². The molecule has 0 saturated heterocycles. The summed E-state index contributed by atoms with van der Waals surface area (Å²) in [5.74, 6) is 2.94. The minimum Gasteiger partial charge on any atom is -0.490 e. The van der Waals surface area contributed by atoms with Gasteiger partial charge in [-0.15, -0.1) is 11.8 Å². The number of benzene rings is 4. The molecule has 0 unspecified atom stereocenters. The predicted octanol–water partition coefficient (Wildman–Crippen LogP) is 13.8. The third-order valence-electron chi connectivity index (χ3n) is 16.4. The molecule has 0 saturated carbocycles. The van der Waals surface area contributed by atoms with E-state index in [1.807, 2.05) is 146 Å². The molecule has 534 valence electrons. The van der Waals surface area contributed by atoms with Crippen molar-refractivity contribution in [3.63, 3.8) is 0 Å². The van der Waals surface area contributed by atoms with Gasteiger partial charge in [-0.05, 0) is 142 Å². The number of ether oxygens (including phenoxy) is 1. The predicted molar refractivity (Wildman–Crippen MR) is 414 cm³/mol. The Morgan fingerprint density at radius 1 is 0.299 bits per heavy atom. The first kappa shape index (κ1) is 75.0. The first-order valence-electron chi connectivity index (χ1n) is 34.5. The molecule has 3 aliphatic carbocycles. The maximum absolute atomic E-state index is 5.30. The van der Waals surface area contributed by atoms with E-state index in [9.17, 15) is 0 Å². The van der Waals surface area contributed by atoms with E-state index < -0.39 is 0 Å². The van der Waals surface area contributed by atoms with Crippen molar-refractivity contribution in [2.45, 2.75) is 96.0 Å². The second-order valence-electron chi connectivity index (χ2n) is 23.5. The highest BCUT2D eigenvalue weighted by molar-refractivity contribution is 7.98. The Hall–Kier alpha value is -13.2. The number of imidazole rings is 1. The average Bonchev–Trinajstić information content (AvgIpc) is 1.59. The van der Waals surface area contributed by atoms with Gasteiger partial charge in [-0.1, -0.05) is 80.2 Å². The van der Waals surface area contributed by atoms with Crippen LogP contribution in [0.2, 0.25) is 0 Å². The zero-order valence-electron chi connectivity index (χ0n) is 57.9. The van der Waals surface area contributed by atoms with Crippen molar-refractivity contribution < 1.29 is 4.74 Å². The number of aromatic amines is 1. The van der Waals surface area contributed by atoms with Gasteiger partial charge >= 0.3 is 0 Å². The standard InChI is InChI=1S/C8H10N2.4C8H6N2.C7H8N2O.2C7H8N2.C6H4N4.C6H5N3.C6H6N2S.CH4/c2*1-2-4-8-7(3-1)5-9-6-10-8;1-2-4-8-6-10-9-5-7(8)3-1;1-2-4-8-7(3-1)9-5-6-10-8;1-2-4-8-7(3-1)5-6-9-10-8;1-2-6-7(10-3-1)4-8-5-9-6;1-2-6-4-8-5-9-7(6)3-1;1-2-6-4-5-8-9-7(6)3-1;1-2-9-6-5(8-1)3-7-4-10-6;1-2-5-6(7-3-1)9-4-8-5;1-2-8-6-4-9-3-5(6)7-1;/h5-6H,1-4H2;4*1-6H;4-5H,1-3H2;2*4-5H,1-3H2;1-4H;1-4H,(H,7,8,9);1-2H,3-4H2;1H4. The molecule has 15 heterocycles. The molecule has 2 aliphatic heterocycles. The molecular weight excluding hydrogens is 1360 g/mol. The first-order valence-corrected chi connectivity index (χ1v) is 35.7. The van der Waals surface area contributed by atoms with Crippen LogP contribution in [0.3, 0.4) is 0 Å². The highest BCUT2D eigenvalue weighted by Crippen LogP contribution is 2.26. The summed E-state index contributed by atoms with van der Waals surface area (Å²) in [5.41, 5.74) is 18.2. The largest absolute Gasteiger partial charge is 0.490 e. The molecule has 0 bridgehead atoms.